The Labute approximate surface area is 121 Å². The molecule has 1 amide bonds. The first kappa shape index (κ1) is 14.6. The van der Waals surface area contributed by atoms with Crippen LogP contribution in [0.1, 0.15) is 50.5 Å². The number of likely N-dealkylation sites (tertiary alicyclic amines) is 1. The molecule has 0 radical (unpaired) electrons. The Bertz CT molecular complexity index is 478. The highest BCUT2D eigenvalue weighted by molar-refractivity contribution is 5.86. The molecule has 1 aliphatic rings. The van der Waals surface area contributed by atoms with Crippen LogP contribution in [0.15, 0.2) is 30.3 Å². The molecule has 1 heterocycles. The molecule has 1 aliphatic heterocycles. The summed E-state index contributed by atoms with van der Waals surface area (Å²) in [7, 11) is 0. The third kappa shape index (κ3) is 3.19. The first-order valence-corrected chi connectivity index (χ1v) is 7.53. The molecule has 2 rings (SSSR count). The van der Waals surface area contributed by atoms with Gasteiger partial charge in [0.15, 0.2) is 0 Å². The molecule has 0 saturated carbocycles. The number of nitriles is 1. The Balaban J connectivity index is 2.21. The Morgan fingerprint density at radius 3 is 2.75 bits per heavy atom. The fraction of sp³-hybridized carbons (Fsp3) is 0.529. The summed E-state index contributed by atoms with van der Waals surface area (Å²) in [5, 5.41) is 9.41. The highest BCUT2D eigenvalue weighted by Crippen LogP contribution is 2.25. The van der Waals surface area contributed by atoms with Crippen LogP contribution in [0.5, 0.6) is 0 Å². The Morgan fingerprint density at radius 1 is 1.35 bits per heavy atom. The minimum Gasteiger partial charge on any atom is -0.338 e. The number of benzene rings is 1. The maximum absolute atomic E-state index is 12.8. The van der Waals surface area contributed by atoms with Crippen LogP contribution in [-0.4, -0.2) is 23.4 Å². The van der Waals surface area contributed by atoms with Crippen molar-refractivity contribution >= 4 is 5.91 Å². The molecule has 0 spiro atoms. The summed E-state index contributed by atoms with van der Waals surface area (Å²) in [6.45, 7) is 2.92. The van der Waals surface area contributed by atoms with Gasteiger partial charge in [-0.1, -0.05) is 50.1 Å². The molecular weight excluding hydrogens is 248 g/mol. The molecule has 20 heavy (non-hydrogen) atoms. The molecule has 0 N–H and O–H groups in total. The number of hydrogen-bond donors (Lipinski definition) is 0. The van der Waals surface area contributed by atoms with E-state index in [1.165, 1.54) is 12.8 Å². The van der Waals surface area contributed by atoms with E-state index < -0.39 is 5.92 Å². The van der Waals surface area contributed by atoms with Gasteiger partial charge in [-0.2, -0.15) is 5.26 Å². The fourth-order valence-electron chi connectivity index (χ4n) is 2.98. The number of nitrogens with zero attached hydrogens (tertiary/aromatic N) is 2. The molecule has 1 aromatic rings. The van der Waals surface area contributed by atoms with Gasteiger partial charge in [0.1, 0.15) is 5.92 Å². The van der Waals surface area contributed by atoms with Gasteiger partial charge in [-0.05, 0) is 24.8 Å². The molecule has 0 bridgehead atoms. The molecule has 3 nitrogen and oxygen atoms in total. The lowest BCUT2D eigenvalue weighted by atomic mass is 9.97. The zero-order chi connectivity index (χ0) is 14.4. The first-order chi connectivity index (χ1) is 9.77. The maximum atomic E-state index is 12.8. The summed E-state index contributed by atoms with van der Waals surface area (Å²) in [6.07, 6.45) is 5.46. The molecule has 2 unspecified atom stereocenters. The zero-order valence-electron chi connectivity index (χ0n) is 12.1. The minimum atomic E-state index is -0.664. The highest BCUT2D eigenvalue weighted by Gasteiger charge is 2.30. The van der Waals surface area contributed by atoms with Crippen molar-refractivity contribution in [2.75, 3.05) is 6.54 Å². The average molecular weight is 270 g/mol. The summed E-state index contributed by atoms with van der Waals surface area (Å²) < 4.78 is 0. The summed E-state index contributed by atoms with van der Waals surface area (Å²) in [5.74, 6) is -0.684. The minimum absolute atomic E-state index is 0.0209. The number of carbonyl (C=O) groups is 1. The van der Waals surface area contributed by atoms with Crippen molar-refractivity contribution in [2.45, 2.75) is 51.0 Å². The second kappa shape index (κ2) is 7.09. The van der Waals surface area contributed by atoms with Crippen molar-refractivity contribution in [3.63, 3.8) is 0 Å². The molecule has 1 aromatic carbocycles. The standard InChI is InChI=1S/C17H22N2O/c1-2-15-11-7-4-8-12-19(15)17(20)16(13-18)14-9-5-3-6-10-14/h3,5-6,9-10,15-16H,2,4,7-8,11-12H2,1H3. The molecular formula is C17H22N2O. The average Bonchev–Trinajstić information content (AvgIpc) is 2.74. The molecule has 106 valence electrons. The van der Waals surface area contributed by atoms with E-state index in [9.17, 15) is 10.1 Å². The van der Waals surface area contributed by atoms with Crippen molar-refractivity contribution in [3.05, 3.63) is 35.9 Å². The maximum Gasteiger partial charge on any atom is 0.244 e. The molecule has 0 aliphatic carbocycles. The lowest BCUT2D eigenvalue weighted by molar-refractivity contribution is -0.133. The first-order valence-electron chi connectivity index (χ1n) is 7.53. The van der Waals surface area contributed by atoms with E-state index in [-0.39, 0.29) is 5.91 Å². The van der Waals surface area contributed by atoms with Gasteiger partial charge in [-0.15, -0.1) is 0 Å². The Kier molecular flexibility index (Phi) is 5.17. The Morgan fingerprint density at radius 2 is 2.10 bits per heavy atom. The van der Waals surface area contributed by atoms with Gasteiger partial charge in [0.2, 0.25) is 5.91 Å². The number of carbonyl (C=O) groups excluding carboxylic acids is 1. The SMILES string of the molecule is CCC1CCCCCN1C(=O)C(C#N)c1ccccc1. The van der Waals surface area contributed by atoms with Gasteiger partial charge in [0.25, 0.3) is 0 Å². The van der Waals surface area contributed by atoms with E-state index in [1.807, 2.05) is 35.2 Å². The predicted molar refractivity (Wildman–Crippen MR) is 79.1 cm³/mol. The van der Waals surface area contributed by atoms with E-state index in [4.69, 9.17) is 0 Å². The van der Waals surface area contributed by atoms with Crippen LogP contribution in [0.25, 0.3) is 0 Å². The van der Waals surface area contributed by atoms with Crippen LogP contribution in [0, 0.1) is 11.3 Å². The highest BCUT2D eigenvalue weighted by atomic mass is 16.2. The van der Waals surface area contributed by atoms with E-state index in [2.05, 4.69) is 13.0 Å². The van der Waals surface area contributed by atoms with Crippen molar-refractivity contribution in [2.24, 2.45) is 0 Å². The van der Waals surface area contributed by atoms with Gasteiger partial charge < -0.3 is 4.90 Å². The van der Waals surface area contributed by atoms with Crippen LogP contribution in [0.4, 0.5) is 0 Å². The van der Waals surface area contributed by atoms with Gasteiger partial charge in [-0.3, -0.25) is 4.79 Å². The summed E-state index contributed by atoms with van der Waals surface area (Å²) in [4.78, 5) is 14.7. The molecule has 1 fully saturated rings. The van der Waals surface area contributed by atoms with E-state index in [1.54, 1.807) is 0 Å². The van der Waals surface area contributed by atoms with Gasteiger partial charge >= 0.3 is 0 Å². The van der Waals surface area contributed by atoms with E-state index in [0.29, 0.717) is 6.04 Å². The fourth-order valence-corrected chi connectivity index (χ4v) is 2.98. The van der Waals surface area contributed by atoms with E-state index >= 15 is 0 Å². The molecule has 3 heteroatoms. The lowest BCUT2D eigenvalue weighted by Gasteiger charge is -2.31. The number of amides is 1. The van der Waals surface area contributed by atoms with Gasteiger partial charge in [-0.25, -0.2) is 0 Å². The number of hydrogen-bond acceptors (Lipinski definition) is 2. The Hall–Kier alpha value is -1.82. The summed E-state index contributed by atoms with van der Waals surface area (Å²) >= 11 is 0. The third-order valence-corrected chi connectivity index (χ3v) is 4.14. The summed E-state index contributed by atoms with van der Waals surface area (Å²) in [6, 6.07) is 11.9. The van der Waals surface area contributed by atoms with Crippen LogP contribution < -0.4 is 0 Å². The second-order valence-electron chi connectivity index (χ2n) is 5.42. The summed E-state index contributed by atoms with van der Waals surface area (Å²) in [5.41, 5.74) is 0.805. The monoisotopic (exact) mass is 270 g/mol. The van der Waals surface area contributed by atoms with E-state index in [0.717, 1.165) is 31.4 Å². The second-order valence-corrected chi connectivity index (χ2v) is 5.42. The van der Waals surface area contributed by atoms with Crippen molar-refractivity contribution in [1.29, 1.82) is 5.26 Å². The normalized spacial score (nSPS) is 20.8. The van der Waals surface area contributed by atoms with Crippen LogP contribution in [-0.2, 0) is 4.79 Å². The van der Waals surface area contributed by atoms with Gasteiger partial charge in [0, 0.05) is 12.6 Å². The van der Waals surface area contributed by atoms with Crippen molar-refractivity contribution in [3.8, 4) is 6.07 Å². The van der Waals surface area contributed by atoms with Crippen molar-refractivity contribution < 1.29 is 4.79 Å². The predicted octanol–water partition coefficient (Wildman–Crippen LogP) is 3.47. The van der Waals surface area contributed by atoms with Crippen LogP contribution in [0.3, 0.4) is 0 Å². The van der Waals surface area contributed by atoms with Crippen LogP contribution in [0.2, 0.25) is 0 Å². The lowest BCUT2D eigenvalue weighted by Crippen LogP contribution is -2.42. The largest absolute Gasteiger partial charge is 0.338 e. The number of rotatable bonds is 3. The third-order valence-electron chi connectivity index (χ3n) is 4.14. The van der Waals surface area contributed by atoms with Crippen molar-refractivity contribution in [1.82, 2.24) is 4.90 Å². The van der Waals surface area contributed by atoms with Crippen LogP contribution >= 0.6 is 0 Å². The smallest absolute Gasteiger partial charge is 0.244 e. The molecule has 1 saturated heterocycles. The molecule has 0 aromatic heterocycles. The zero-order valence-corrected chi connectivity index (χ0v) is 12.1. The quantitative estimate of drug-likeness (QED) is 0.844. The molecule has 2 atom stereocenters. The van der Waals surface area contributed by atoms with Gasteiger partial charge in [0.05, 0.1) is 6.07 Å². The topological polar surface area (TPSA) is 44.1 Å².